The van der Waals surface area contributed by atoms with Crippen LogP contribution in [-0.4, -0.2) is 0 Å². The van der Waals surface area contributed by atoms with E-state index in [4.69, 9.17) is 0 Å². The number of halogens is 2. The van der Waals surface area contributed by atoms with Crippen LogP contribution in [0, 0.1) is 35.5 Å². The average Bonchev–Trinajstić information content (AvgIpc) is 3.63. The largest absolute Gasteiger partial charge is 3.00 e. The molecule has 0 spiro atoms. The molecule has 0 saturated heterocycles. The van der Waals surface area contributed by atoms with Crippen LogP contribution >= 0.6 is 0 Å². The van der Waals surface area contributed by atoms with Crippen LogP contribution in [0.1, 0.15) is 114 Å². The van der Waals surface area contributed by atoms with E-state index in [1.807, 2.05) is 0 Å². The summed E-state index contributed by atoms with van der Waals surface area (Å²) in [5.41, 5.74) is 15.1. The molecule has 3 heteroatoms. The zero-order valence-corrected chi connectivity index (χ0v) is 36.5. The number of hydrogen-bond donors (Lipinski definition) is 0. The summed E-state index contributed by atoms with van der Waals surface area (Å²) in [5.74, 6) is 4.87. The maximum atomic E-state index is 4.09. The van der Waals surface area contributed by atoms with Gasteiger partial charge in [-0.15, -0.1) is 34.1 Å². The van der Waals surface area contributed by atoms with Gasteiger partial charge in [0.25, 0.3) is 0 Å². The molecule has 4 bridgehead atoms. The Morgan fingerprint density at radius 2 is 1.23 bits per heavy atom. The van der Waals surface area contributed by atoms with Gasteiger partial charge in [0.05, 0.1) is 0 Å². The third kappa shape index (κ3) is 7.00. The Kier molecular flexibility index (Phi) is 11.3. The van der Waals surface area contributed by atoms with E-state index in [0.717, 1.165) is 29.6 Å². The molecule has 4 saturated carbocycles. The predicted octanol–water partition coefficient (Wildman–Crippen LogP) is 5.25. The minimum Gasteiger partial charge on any atom is -1.00 e. The smallest absolute Gasteiger partial charge is 1.00 e. The Morgan fingerprint density at radius 3 is 1.75 bits per heavy atom. The molecule has 0 N–H and O–H groups in total. The number of fused-ring (bicyclic) bond motifs is 3. The second-order valence-corrected chi connectivity index (χ2v) is 18.6. The molecule has 1 unspecified atom stereocenters. The van der Waals surface area contributed by atoms with Crippen molar-refractivity contribution in [3.8, 4) is 11.1 Å². The van der Waals surface area contributed by atoms with Gasteiger partial charge in [-0.1, -0.05) is 162 Å². The van der Waals surface area contributed by atoms with E-state index in [1.54, 1.807) is 5.57 Å². The van der Waals surface area contributed by atoms with Crippen molar-refractivity contribution in [3.63, 3.8) is 0 Å². The van der Waals surface area contributed by atoms with Crippen LogP contribution in [0.3, 0.4) is 0 Å². The predicted molar refractivity (Wildman–Crippen MR) is 211 cm³/mol. The minimum atomic E-state index is -0.104. The van der Waals surface area contributed by atoms with E-state index in [-0.39, 0.29) is 61.8 Å². The molecular formula is C50H53Cl2Zr. The molecule has 271 valence electrons. The van der Waals surface area contributed by atoms with Gasteiger partial charge in [0.15, 0.2) is 0 Å². The maximum Gasteiger partial charge on any atom is 3.00 e. The van der Waals surface area contributed by atoms with Gasteiger partial charge in [-0.3, -0.25) is 0 Å². The molecule has 4 aromatic carbocycles. The summed E-state index contributed by atoms with van der Waals surface area (Å²) in [6.45, 7) is 16.7. The van der Waals surface area contributed by atoms with Crippen molar-refractivity contribution in [2.24, 2.45) is 35.5 Å². The normalized spacial score (nSPS) is 24.8. The fraction of sp³-hybridized carbons (Fsp3) is 0.400. The van der Waals surface area contributed by atoms with Crippen molar-refractivity contribution in [2.45, 2.75) is 91.4 Å². The van der Waals surface area contributed by atoms with Crippen LogP contribution in [0.15, 0.2) is 103 Å². The van der Waals surface area contributed by atoms with E-state index in [1.165, 1.54) is 98.2 Å². The van der Waals surface area contributed by atoms with Gasteiger partial charge in [-0.25, -0.2) is 0 Å². The van der Waals surface area contributed by atoms with E-state index in [2.05, 4.69) is 152 Å². The van der Waals surface area contributed by atoms with E-state index in [0.29, 0.717) is 5.92 Å². The standard InChI is InChI=1S/C50H53.2ClH.Zr/c1-30-20-36(45-37-22-31-21-32(24-37)25-38(45)23-31)28-41(30)47-43-27-35-26-39(49(2,3)4)18-19-40(35)42(43)29-44(48(47)50(5,6)7)46(33-14-10-8-11-15-33)34-16-12-9-13-17-34;;;/h8-20,26,28-32,37-38,45H,21-25H2,1-7H3;2*1H;/q-1;;;+3/p-2. The van der Waals surface area contributed by atoms with Crippen molar-refractivity contribution in [3.05, 3.63) is 146 Å². The Morgan fingerprint density at radius 1 is 0.660 bits per heavy atom. The first-order chi connectivity index (χ1) is 23.9. The molecule has 0 heterocycles. The third-order valence-corrected chi connectivity index (χ3v) is 13.1. The number of benzene rings is 4. The van der Waals surface area contributed by atoms with Crippen LogP contribution in [0.4, 0.5) is 0 Å². The van der Waals surface area contributed by atoms with Gasteiger partial charge >= 0.3 is 26.2 Å². The number of rotatable bonds is 4. The summed E-state index contributed by atoms with van der Waals surface area (Å²) in [6.07, 6.45) is 16.8. The van der Waals surface area contributed by atoms with Crippen molar-refractivity contribution in [1.82, 2.24) is 0 Å². The van der Waals surface area contributed by atoms with Gasteiger partial charge < -0.3 is 24.8 Å². The zero-order chi connectivity index (χ0) is 34.5. The Bertz CT molecular complexity index is 2120. The van der Waals surface area contributed by atoms with Crippen LogP contribution in [-0.2, 0) is 37.0 Å². The molecular weight excluding hydrogens is 763 g/mol. The van der Waals surface area contributed by atoms with Gasteiger partial charge in [0.2, 0.25) is 0 Å². The van der Waals surface area contributed by atoms with Crippen LogP contribution < -0.4 is 35.3 Å². The fourth-order valence-electron chi connectivity index (χ4n) is 11.2. The first-order valence-electron chi connectivity index (χ1n) is 19.5. The van der Waals surface area contributed by atoms with Crippen LogP contribution in [0.2, 0.25) is 0 Å². The molecule has 4 aromatic rings. The monoisotopic (exact) mass is 813 g/mol. The number of allylic oxidation sites excluding steroid dienone is 4. The van der Waals surface area contributed by atoms with Crippen molar-refractivity contribution in [1.29, 1.82) is 0 Å². The van der Waals surface area contributed by atoms with Crippen LogP contribution in [0.5, 0.6) is 0 Å². The summed E-state index contributed by atoms with van der Waals surface area (Å²) >= 11 is 0. The SMILES string of the molecule is CC1C=C(C2C3CC4CC(C3)CC2C4)C=C1c1c(C(C)(C)C)c(=C(c2ccccc2)c2ccccc2)cc2c1=[C-]c1cc(C(C)(C)C)ccc1-2.[Cl-].[Cl-].[Zr+3]. The van der Waals surface area contributed by atoms with Crippen molar-refractivity contribution in [2.75, 3.05) is 0 Å². The molecule has 0 aliphatic heterocycles. The topological polar surface area (TPSA) is 0 Å². The summed E-state index contributed by atoms with van der Waals surface area (Å²) in [7, 11) is 0. The summed E-state index contributed by atoms with van der Waals surface area (Å²) in [4.78, 5) is 0. The molecule has 0 amide bonds. The van der Waals surface area contributed by atoms with Crippen molar-refractivity contribution >= 4 is 17.2 Å². The quantitative estimate of drug-likeness (QED) is 0.218. The summed E-state index contributed by atoms with van der Waals surface area (Å²) < 4.78 is 0. The van der Waals surface area contributed by atoms with Gasteiger partial charge in [-0.05, 0) is 106 Å². The Labute approximate surface area is 350 Å². The number of hydrogen-bond acceptors (Lipinski definition) is 0. The molecule has 0 nitrogen and oxygen atoms in total. The van der Waals surface area contributed by atoms with Gasteiger partial charge in [0.1, 0.15) is 0 Å². The first-order valence-corrected chi connectivity index (χ1v) is 19.5. The third-order valence-electron chi connectivity index (χ3n) is 13.1. The molecule has 10 rings (SSSR count). The van der Waals surface area contributed by atoms with Crippen LogP contribution in [0.25, 0.3) is 28.3 Å². The van der Waals surface area contributed by atoms with Gasteiger partial charge in [-0.2, -0.15) is 0 Å². The first kappa shape index (κ1) is 40.2. The average molecular weight is 816 g/mol. The van der Waals surface area contributed by atoms with E-state index < -0.39 is 0 Å². The molecule has 6 aliphatic rings. The fourth-order valence-corrected chi connectivity index (χ4v) is 11.2. The zero-order valence-electron chi connectivity index (χ0n) is 32.5. The van der Waals surface area contributed by atoms with E-state index >= 15 is 0 Å². The molecule has 0 aromatic heterocycles. The molecule has 4 fully saturated rings. The Balaban J connectivity index is 0.00000160. The van der Waals surface area contributed by atoms with E-state index in [9.17, 15) is 0 Å². The van der Waals surface area contributed by atoms with Crippen molar-refractivity contribution < 1.29 is 51.0 Å². The minimum absolute atomic E-state index is 0. The maximum absolute atomic E-state index is 4.09. The molecule has 1 atom stereocenters. The Hall–Kier alpha value is -2.44. The summed E-state index contributed by atoms with van der Waals surface area (Å²) in [6, 6.07) is 31.9. The van der Waals surface area contributed by atoms with Gasteiger partial charge in [0, 0.05) is 0 Å². The molecule has 1 radical (unpaired) electrons. The second kappa shape index (κ2) is 14.9. The second-order valence-electron chi connectivity index (χ2n) is 18.6. The summed E-state index contributed by atoms with van der Waals surface area (Å²) in [5, 5.41) is 2.66. The molecule has 6 aliphatic carbocycles. The molecule has 53 heavy (non-hydrogen) atoms.